The van der Waals surface area contributed by atoms with E-state index in [-0.39, 0.29) is 11.4 Å². The van der Waals surface area contributed by atoms with Crippen LogP contribution in [0.3, 0.4) is 0 Å². The average Bonchev–Trinajstić information content (AvgIpc) is 3.02. The van der Waals surface area contributed by atoms with Crippen LogP contribution in [0.15, 0.2) is 17.5 Å². The summed E-state index contributed by atoms with van der Waals surface area (Å²) in [6.45, 7) is 1.58. The van der Waals surface area contributed by atoms with Crippen molar-refractivity contribution in [1.29, 1.82) is 0 Å². The summed E-state index contributed by atoms with van der Waals surface area (Å²) in [7, 11) is 0. The smallest absolute Gasteiger partial charge is 0.152 e. The molecule has 0 unspecified atom stereocenters. The Bertz CT molecular complexity index is 548. The largest absolute Gasteiger partial charge is 0.369 e. The number of aromatic nitrogens is 1. The van der Waals surface area contributed by atoms with Crippen LogP contribution in [0.4, 0.5) is 14.5 Å². The van der Waals surface area contributed by atoms with Crippen molar-refractivity contribution >= 4 is 17.0 Å². The van der Waals surface area contributed by atoms with E-state index in [1.165, 1.54) is 23.5 Å². The van der Waals surface area contributed by atoms with Crippen molar-refractivity contribution in [3.63, 3.8) is 0 Å². The summed E-state index contributed by atoms with van der Waals surface area (Å²) in [4.78, 5) is 5.77. The standard InChI is InChI=1S/C13H11F2N2S/c14-10-6-13(17-3-1-2-4-17)11(15)5-9(10)12-7-18-8-16-12/h5-7H,1-4H2. The van der Waals surface area contributed by atoms with Gasteiger partial charge in [0.15, 0.2) is 5.51 Å². The van der Waals surface area contributed by atoms with Gasteiger partial charge in [-0.2, -0.15) is 0 Å². The van der Waals surface area contributed by atoms with Gasteiger partial charge in [-0.1, -0.05) is 0 Å². The van der Waals surface area contributed by atoms with Crippen molar-refractivity contribution in [3.8, 4) is 11.3 Å². The van der Waals surface area contributed by atoms with Crippen LogP contribution in [0, 0.1) is 17.1 Å². The summed E-state index contributed by atoms with van der Waals surface area (Å²) in [5.41, 5.74) is 3.63. The second kappa shape index (κ2) is 4.65. The lowest BCUT2D eigenvalue weighted by atomic mass is 10.1. The molecule has 1 aromatic heterocycles. The molecular formula is C13H11F2N2S. The summed E-state index contributed by atoms with van der Waals surface area (Å²) in [5, 5.41) is 1.66. The first-order valence-corrected chi connectivity index (χ1v) is 6.69. The van der Waals surface area contributed by atoms with Gasteiger partial charge in [0.05, 0.1) is 11.4 Å². The molecule has 2 nitrogen and oxygen atoms in total. The highest BCUT2D eigenvalue weighted by Crippen LogP contribution is 2.30. The third kappa shape index (κ3) is 1.99. The lowest BCUT2D eigenvalue weighted by molar-refractivity contribution is 0.599. The topological polar surface area (TPSA) is 16.1 Å². The number of thiazole rings is 1. The summed E-state index contributed by atoms with van der Waals surface area (Å²) in [6.07, 6.45) is 2.06. The molecule has 3 rings (SSSR count). The van der Waals surface area contributed by atoms with Crippen molar-refractivity contribution in [2.24, 2.45) is 0 Å². The predicted octanol–water partition coefficient (Wildman–Crippen LogP) is 3.49. The molecule has 1 aliphatic rings. The minimum Gasteiger partial charge on any atom is -0.369 e. The minimum atomic E-state index is -0.433. The number of hydrogen-bond donors (Lipinski definition) is 0. The maximum absolute atomic E-state index is 14.0. The van der Waals surface area contributed by atoms with Crippen LogP contribution < -0.4 is 4.90 Å². The van der Waals surface area contributed by atoms with E-state index >= 15 is 0 Å². The number of anilines is 1. The van der Waals surface area contributed by atoms with Gasteiger partial charge >= 0.3 is 0 Å². The summed E-state index contributed by atoms with van der Waals surface area (Å²) in [5.74, 6) is -0.820. The van der Waals surface area contributed by atoms with Gasteiger partial charge in [-0.25, -0.2) is 13.8 Å². The molecule has 1 aliphatic heterocycles. The third-order valence-electron chi connectivity index (χ3n) is 3.15. The molecule has 0 amide bonds. The van der Waals surface area contributed by atoms with Gasteiger partial charge in [0, 0.05) is 30.1 Å². The maximum Gasteiger partial charge on any atom is 0.152 e. The molecule has 0 aliphatic carbocycles. The second-order valence-electron chi connectivity index (χ2n) is 4.30. The second-order valence-corrected chi connectivity index (χ2v) is 4.96. The number of halogens is 2. The third-order valence-corrected chi connectivity index (χ3v) is 3.69. The minimum absolute atomic E-state index is 0.202. The SMILES string of the molecule is Fc1cc(N2CCCC2)c(F)cc1-c1cs[c]n1. The van der Waals surface area contributed by atoms with Gasteiger partial charge in [-0.15, -0.1) is 11.3 Å². The average molecular weight is 265 g/mol. The molecule has 93 valence electrons. The Balaban J connectivity index is 2.02. The van der Waals surface area contributed by atoms with Crippen molar-refractivity contribution in [1.82, 2.24) is 4.98 Å². The molecule has 0 N–H and O–H groups in total. The molecule has 1 aromatic carbocycles. The van der Waals surface area contributed by atoms with Crippen molar-refractivity contribution < 1.29 is 8.78 Å². The van der Waals surface area contributed by atoms with Gasteiger partial charge in [0.2, 0.25) is 0 Å². The zero-order valence-electron chi connectivity index (χ0n) is 9.62. The van der Waals surface area contributed by atoms with Gasteiger partial charge in [-0.3, -0.25) is 0 Å². The Kier molecular flexibility index (Phi) is 2.99. The predicted molar refractivity (Wildman–Crippen MR) is 67.7 cm³/mol. The van der Waals surface area contributed by atoms with E-state index in [0.29, 0.717) is 11.4 Å². The van der Waals surface area contributed by atoms with Crippen molar-refractivity contribution in [3.05, 3.63) is 34.7 Å². The first kappa shape index (κ1) is 11.6. The zero-order chi connectivity index (χ0) is 12.5. The van der Waals surface area contributed by atoms with Crippen LogP contribution in [0.1, 0.15) is 12.8 Å². The summed E-state index contributed by atoms with van der Waals surface area (Å²) in [6, 6.07) is 2.50. The Hall–Kier alpha value is -1.49. The molecular weight excluding hydrogens is 254 g/mol. The van der Waals surface area contributed by atoms with E-state index in [2.05, 4.69) is 10.5 Å². The highest BCUT2D eigenvalue weighted by atomic mass is 32.1. The van der Waals surface area contributed by atoms with Crippen molar-refractivity contribution in [2.45, 2.75) is 12.8 Å². The molecule has 1 fully saturated rings. The number of nitrogens with zero attached hydrogens (tertiary/aromatic N) is 2. The number of benzene rings is 1. The Morgan fingerprint density at radius 2 is 1.94 bits per heavy atom. The zero-order valence-corrected chi connectivity index (χ0v) is 10.4. The molecule has 0 atom stereocenters. The van der Waals surface area contributed by atoms with E-state index in [0.717, 1.165) is 25.9 Å². The maximum atomic E-state index is 14.0. The molecule has 2 aromatic rings. The molecule has 18 heavy (non-hydrogen) atoms. The monoisotopic (exact) mass is 265 g/mol. The summed E-state index contributed by atoms with van der Waals surface area (Å²) >= 11 is 1.24. The van der Waals surface area contributed by atoms with E-state index in [1.54, 1.807) is 5.38 Å². The lowest BCUT2D eigenvalue weighted by Crippen LogP contribution is -2.19. The fourth-order valence-corrected chi connectivity index (χ4v) is 2.74. The van der Waals surface area contributed by atoms with E-state index < -0.39 is 5.82 Å². The Morgan fingerprint density at radius 1 is 1.17 bits per heavy atom. The first-order chi connectivity index (χ1) is 8.75. The van der Waals surface area contributed by atoms with E-state index in [9.17, 15) is 8.78 Å². The number of rotatable bonds is 2. The highest BCUT2D eigenvalue weighted by Gasteiger charge is 2.19. The van der Waals surface area contributed by atoms with E-state index in [4.69, 9.17) is 0 Å². The molecule has 0 bridgehead atoms. The normalized spacial score (nSPS) is 15.3. The van der Waals surface area contributed by atoms with Gasteiger partial charge in [-0.05, 0) is 18.9 Å². The van der Waals surface area contributed by atoms with Crippen molar-refractivity contribution in [2.75, 3.05) is 18.0 Å². The fourth-order valence-electron chi connectivity index (χ4n) is 2.24. The molecule has 0 spiro atoms. The quantitative estimate of drug-likeness (QED) is 0.826. The molecule has 5 heteroatoms. The van der Waals surface area contributed by atoms with Crippen LogP contribution in [0.2, 0.25) is 0 Å². The molecule has 0 saturated carbocycles. The van der Waals surface area contributed by atoms with Crippen LogP contribution >= 0.6 is 11.3 Å². The van der Waals surface area contributed by atoms with Gasteiger partial charge in [0.25, 0.3) is 0 Å². The number of hydrogen-bond acceptors (Lipinski definition) is 3. The van der Waals surface area contributed by atoms with Crippen LogP contribution in [-0.2, 0) is 0 Å². The van der Waals surface area contributed by atoms with E-state index in [1.807, 2.05) is 4.90 Å². The van der Waals surface area contributed by atoms with Crippen LogP contribution in [0.5, 0.6) is 0 Å². The van der Waals surface area contributed by atoms with Crippen LogP contribution in [-0.4, -0.2) is 18.1 Å². The molecule has 2 heterocycles. The molecule has 1 radical (unpaired) electrons. The Morgan fingerprint density at radius 3 is 2.61 bits per heavy atom. The summed E-state index contributed by atoms with van der Waals surface area (Å²) < 4.78 is 28.0. The molecule has 1 saturated heterocycles. The Labute approximate surface area is 108 Å². The first-order valence-electron chi connectivity index (χ1n) is 5.81. The van der Waals surface area contributed by atoms with Crippen LogP contribution in [0.25, 0.3) is 11.3 Å². The fraction of sp³-hybridized carbons (Fsp3) is 0.308. The van der Waals surface area contributed by atoms with Gasteiger partial charge in [0.1, 0.15) is 11.6 Å². The highest BCUT2D eigenvalue weighted by molar-refractivity contribution is 7.07. The lowest BCUT2D eigenvalue weighted by Gasteiger charge is -2.19. The van der Waals surface area contributed by atoms with Gasteiger partial charge < -0.3 is 4.90 Å².